The molecule has 144 valence electrons. The fourth-order valence-corrected chi connectivity index (χ4v) is 1.80. The van der Waals surface area contributed by atoms with Crippen LogP contribution in [0.3, 0.4) is 0 Å². The minimum absolute atomic E-state index is 0.0278. The molecule has 8 heteroatoms. The quantitative estimate of drug-likeness (QED) is 0.493. The summed E-state index contributed by atoms with van der Waals surface area (Å²) in [5, 5.41) is 17.1. The number of hydrogen-bond acceptors (Lipinski definition) is 8. The van der Waals surface area contributed by atoms with Crippen LogP contribution >= 0.6 is 0 Å². The molecular weight excluding hydrogens is 320 g/mol. The fourth-order valence-electron chi connectivity index (χ4n) is 1.80. The van der Waals surface area contributed by atoms with Crippen LogP contribution in [-0.2, 0) is 28.5 Å². The summed E-state index contributed by atoms with van der Waals surface area (Å²) in [5.74, 6) is -0.792. The third-order valence-electron chi connectivity index (χ3n) is 2.95. The SMILES string of the molecule is CCOC(CC(=O)OC)CC(=O)OC.CCOC(CCO)CCO. The number of aliphatic hydroxyl groups is 2. The highest BCUT2D eigenvalue weighted by atomic mass is 16.5. The molecule has 24 heavy (non-hydrogen) atoms. The van der Waals surface area contributed by atoms with Gasteiger partial charge in [0.2, 0.25) is 0 Å². The molecule has 8 nitrogen and oxygen atoms in total. The van der Waals surface area contributed by atoms with Crippen molar-refractivity contribution in [3.8, 4) is 0 Å². The van der Waals surface area contributed by atoms with E-state index in [0.717, 1.165) is 0 Å². The lowest BCUT2D eigenvalue weighted by atomic mass is 10.2. The first-order valence-corrected chi connectivity index (χ1v) is 8.07. The molecule has 0 amide bonds. The Balaban J connectivity index is 0. The van der Waals surface area contributed by atoms with Gasteiger partial charge in [0, 0.05) is 26.4 Å². The first-order valence-electron chi connectivity index (χ1n) is 8.07. The van der Waals surface area contributed by atoms with Gasteiger partial charge in [0.05, 0.1) is 39.3 Å². The predicted molar refractivity (Wildman–Crippen MR) is 87.5 cm³/mol. The summed E-state index contributed by atoms with van der Waals surface area (Å²) in [5.41, 5.74) is 0. The van der Waals surface area contributed by atoms with E-state index in [1.807, 2.05) is 6.92 Å². The lowest BCUT2D eigenvalue weighted by molar-refractivity contribution is -0.148. The third-order valence-corrected chi connectivity index (χ3v) is 2.95. The smallest absolute Gasteiger partial charge is 0.308 e. The van der Waals surface area contributed by atoms with Gasteiger partial charge in [-0.05, 0) is 26.7 Å². The average Bonchev–Trinajstić information content (AvgIpc) is 2.56. The number of methoxy groups -OCH3 is 2. The molecule has 2 N–H and O–H groups in total. The first kappa shape index (κ1) is 25.0. The molecule has 0 bridgehead atoms. The second-order valence-electron chi connectivity index (χ2n) is 4.74. The van der Waals surface area contributed by atoms with Crippen molar-refractivity contribution in [3.05, 3.63) is 0 Å². The summed E-state index contributed by atoms with van der Waals surface area (Å²) in [7, 11) is 2.59. The summed E-state index contributed by atoms with van der Waals surface area (Å²) in [6.45, 7) is 5.04. The van der Waals surface area contributed by atoms with Gasteiger partial charge in [-0.3, -0.25) is 9.59 Å². The molecule has 0 saturated heterocycles. The van der Waals surface area contributed by atoms with Gasteiger partial charge in [0.15, 0.2) is 0 Å². The molecule has 0 aromatic heterocycles. The Hall–Kier alpha value is -1.22. The zero-order valence-corrected chi connectivity index (χ0v) is 15.2. The second-order valence-corrected chi connectivity index (χ2v) is 4.74. The average molecular weight is 352 g/mol. The van der Waals surface area contributed by atoms with Gasteiger partial charge >= 0.3 is 11.9 Å². The third kappa shape index (κ3) is 15.7. The molecular formula is C16H32O8. The highest BCUT2D eigenvalue weighted by Gasteiger charge is 2.18. The van der Waals surface area contributed by atoms with Crippen molar-refractivity contribution >= 4 is 11.9 Å². The molecule has 0 rings (SSSR count). The van der Waals surface area contributed by atoms with Gasteiger partial charge in [-0.1, -0.05) is 0 Å². The van der Waals surface area contributed by atoms with Gasteiger partial charge in [-0.25, -0.2) is 0 Å². The van der Waals surface area contributed by atoms with Gasteiger partial charge in [0.25, 0.3) is 0 Å². The van der Waals surface area contributed by atoms with Crippen LogP contribution in [0.2, 0.25) is 0 Å². The topological polar surface area (TPSA) is 112 Å². The molecule has 0 heterocycles. The largest absolute Gasteiger partial charge is 0.469 e. The molecule has 0 aromatic carbocycles. The molecule has 0 radical (unpaired) electrons. The fraction of sp³-hybridized carbons (Fsp3) is 0.875. The molecule has 0 aromatic rings. The van der Waals surface area contributed by atoms with E-state index in [4.69, 9.17) is 19.7 Å². The van der Waals surface area contributed by atoms with Gasteiger partial charge in [-0.2, -0.15) is 0 Å². The molecule has 0 aliphatic carbocycles. The van der Waals surface area contributed by atoms with Crippen LogP contribution in [0, 0.1) is 0 Å². The van der Waals surface area contributed by atoms with Crippen LogP contribution < -0.4 is 0 Å². The summed E-state index contributed by atoms with van der Waals surface area (Å²) in [6, 6.07) is 0. The normalized spacial score (nSPS) is 10.3. The number of esters is 2. The first-order chi connectivity index (χ1) is 11.5. The van der Waals surface area contributed by atoms with E-state index in [9.17, 15) is 9.59 Å². The van der Waals surface area contributed by atoms with Crippen molar-refractivity contribution < 1.29 is 38.7 Å². The molecule has 0 atom stereocenters. The maximum Gasteiger partial charge on any atom is 0.308 e. The minimum Gasteiger partial charge on any atom is -0.469 e. The Kier molecular flexibility index (Phi) is 18.9. The van der Waals surface area contributed by atoms with E-state index < -0.39 is 18.0 Å². The van der Waals surface area contributed by atoms with Crippen molar-refractivity contribution in [2.24, 2.45) is 0 Å². The molecule has 0 saturated carbocycles. The number of carbonyl (C=O) groups is 2. The summed E-state index contributed by atoms with van der Waals surface area (Å²) in [4.78, 5) is 21.8. The number of aliphatic hydroxyl groups excluding tert-OH is 2. The van der Waals surface area contributed by atoms with Crippen molar-refractivity contribution in [1.82, 2.24) is 0 Å². The standard InChI is InChI=1S/C9H16O5.C7H16O3/c1-4-14-7(5-8(10)12-2)6-9(11)13-3;1-2-10-7(3-5-8)4-6-9/h7H,4-6H2,1-3H3;7-9H,2-6H2,1H3. The monoisotopic (exact) mass is 352 g/mol. The van der Waals surface area contributed by atoms with Crippen molar-refractivity contribution in [2.75, 3.05) is 40.6 Å². The Labute approximate surface area is 144 Å². The number of rotatable bonds is 12. The summed E-state index contributed by atoms with van der Waals surface area (Å²) < 4.78 is 19.3. The van der Waals surface area contributed by atoms with E-state index in [1.165, 1.54) is 14.2 Å². The van der Waals surface area contributed by atoms with E-state index >= 15 is 0 Å². The van der Waals surface area contributed by atoms with Crippen LogP contribution in [0.15, 0.2) is 0 Å². The number of ether oxygens (including phenoxy) is 4. The zero-order valence-electron chi connectivity index (χ0n) is 15.2. The lowest BCUT2D eigenvalue weighted by Crippen LogP contribution is -2.22. The Morgan fingerprint density at radius 2 is 1.17 bits per heavy atom. The highest BCUT2D eigenvalue weighted by Crippen LogP contribution is 2.06. The second kappa shape index (κ2) is 18.1. The van der Waals surface area contributed by atoms with E-state index in [2.05, 4.69) is 9.47 Å². The van der Waals surface area contributed by atoms with E-state index in [-0.39, 0.29) is 32.2 Å². The van der Waals surface area contributed by atoms with Crippen LogP contribution in [-0.4, -0.2) is 75.0 Å². The Morgan fingerprint density at radius 3 is 1.46 bits per heavy atom. The maximum absolute atomic E-state index is 10.9. The van der Waals surface area contributed by atoms with Crippen molar-refractivity contribution in [1.29, 1.82) is 0 Å². The van der Waals surface area contributed by atoms with Crippen LogP contribution in [0.4, 0.5) is 0 Å². The predicted octanol–water partition coefficient (Wildman–Crippen LogP) is 0.674. The number of hydrogen-bond donors (Lipinski definition) is 2. The van der Waals surface area contributed by atoms with Crippen LogP contribution in [0.25, 0.3) is 0 Å². The van der Waals surface area contributed by atoms with Gasteiger partial charge in [-0.15, -0.1) is 0 Å². The molecule has 0 aliphatic heterocycles. The van der Waals surface area contributed by atoms with Crippen LogP contribution in [0.5, 0.6) is 0 Å². The number of carbonyl (C=O) groups excluding carboxylic acids is 2. The van der Waals surface area contributed by atoms with Crippen molar-refractivity contribution in [2.45, 2.75) is 51.7 Å². The van der Waals surface area contributed by atoms with Gasteiger partial charge < -0.3 is 29.2 Å². The van der Waals surface area contributed by atoms with E-state index in [0.29, 0.717) is 26.1 Å². The highest BCUT2D eigenvalue weighted by molar-refractivity contribution is 5.73. The Morgan fingerprint density at radius 1 is 0.792 bits per heavy atom. The molecule has 0 fully saturated rings. The molecule has 0 spiro atoms. The van der Waals surface area contributed by atoms with E-state index in [1.54, 1.807) is 6.92 Å². The lowest BCUT2D eigenvalue weighted by Gasteiger charge is -2.13. The summed E-state index contributed by atoms with van der Waals surface area (Å²) >= 11 is 0. The maximum atomic E-state index is 10.9. The molecule has 0 unspecified atom stereocenters. The molecule has 0 aliphatic rings. The summed E-state index contributed by atoms with van der Waals surface area (Å²) in [6.07, 6.45) is 0.946. The minimum atomic E-state index is -0.458. The Bertz CT molecular complexity index is 276. The van der Waals surface area contributed by atoms with Crippen molar-refractivity contribution in [3.63, 3.8) is 0 Å². The van der Waals surface area contributed by atoms with Crippen LogP contribution in [0.1, 0.15) is 39.5 Å². The van der Waals surface area contributed by atoms with Gasteiger partial charge in [0.1, 0.15) is 0 Å². The zero-order chi connectivity index (χ0) is 18.8.